The van der Waals surface area contributed by atoms with Crippen molar-refractivity contribution in [2.45, 2.75) is 0 Å². The summed E-state index contributed by atoms with van der Waals surface area (Å²) < 4.78 is 5.51. The molecule has 1 aliphatic rings. The number of hydrogen-bond donors (Lipinski definition) is 1. The highest BCUT2D eigenvalue weighted by Crippen LogP contribution is 2.39. The van der Waals surface area contributed by atoms with Gasteiger partial charge in [-0.05, 0) is 11.6 Å². The number of nitrogens with zero attached hydrogens (tertiary/aromatic N) is 3. The normalized spacial score (nSPS) is 13.9. The van der Waals surface area contributed by atoms with E-state index in [2.05, 4.69) is 32.5 Å². The van der Waals surface area contributed by atoms with Gasteiger partial charge < -0.3 is 9.64 Å². The van der Waals surface area contributed by atoms with Crippen LogP contribution in [0.15, 0.2) is 66.7 Å². The fourth-order valence-corrected chi connectivity index (χ4v) is 5.32. The molecule has 8 heteroatoms. The van der Waals surface area contributed by atoms with Gasteiger partial charge >= 0.3 is 0 Å². The van der Waals surface area contributed by atoms with Gasteiger partial charge in [-0.2, -0.15) is 0 Å². The van der Waals surface area contributed by atoms with Crippen molar-refractivity contribution in [2.75, 3.05) is 36.5 Å². The van der Waals surface area contributed by atoms with Gasteiger partial charge in [0, 0.05) is 24.2 Å². The van der Waals surface area contributed by atoms with Crippen molar-refractivity contribution in [1.82, 2.24) is 10.2 Å². The van der Waals surface area contributed by atoms with Gasteiger partial charge in [0.25, 0.3) is 5.91 Å². The molecule has 0 saturated carbocycles. The van der Waals surface area contributed by atoms with Gasteiger partial charge in [-0.1, -0.05) is 72.0 Å². The number of thiophene rings is 1. The Morgan fingerprint density at radius 2 is 1.58 bits per heavy atom. The van der Waals surface area contributed by atoms with Crippen LogP contribution >= 0.6 is 22.7 Å². The smallest absolute Gasteiger partial charge is 0.267 e. The molecule has 0 aliphatic carbocycles. The lowest BCUT2D eigenvalue weighted by atomic mass is 10.1. The van der Waals surface area contributed by atoms with Crippen LogP contribution in [-0.4, -0.2) is 42.4 Å². The lowest BCUT2D eigenvalue weighted by molar-refractivity contribution is 0.103. The van der Waals surface area contributed by atoms with Crippen LogP contribution in [0, 0.1) is 0 Å². The Kier molecular flexibility index (Phi) is 5.75. The van der Waals surface area contributed by atoms with Gasteiger partial charge in [-0.15, -0.1) is 21.5 Å². The number of nitrogens with one attached hydrogen (secondary N) is 1. The van der Waals surface area contributed by atoms with Crippen LogP contribution in [0.2, 0.25) is 0 Å². The molecule has 5 rings (SSSR count). The van der Waals surface area contributed by atoms with Crippen LogP contribution < -0.4 is 10.2 Å². The number of morpholine rings is 1. The second kappa shape index (κ2) is 8.97. The predicted molar refractivity (Wildman–Crippen MR) is 126 cm³/mol. The first kappa shape index (κ1) is 19.9. The number of carbonyl (C=O) groups excluding carboxylic acids is 1. The van der Waals surface area contributed by atoms with Crippen LogP contribution in [0.4, 0.5) is 10.1 Å². The number of rotatable bonds is 5. The highest BCUT2D eigenvalue weighted by Gasteiger charge is 2.22. The van der Waals surface area contributed by atoms with E-state index in [-0.39, 0.29) is 5.91 Å². The molecule has 0 radical (unpaired) electrons. The summed E-state index contributed by atoms with van der Waals surface area (Å²) in [5.41, 5.74) is 3.15. The average Bonchev–Trinajstić information content (AvgIpc) is 3.49. The summed E-state index contributed by atoms with van der Waals surface area (Å²) in [6.45, 7) is 3.03. The Hall–Kier alpha value is -3.07. The molecule has 4 aromatic rings. The van der Waals surface area contributed by atoms with Gasteiger partial charge in [-0.3, -0.25) is 10.1 Å². The van der Waals surface area contributed by atoms with Gasteiger partial charge in [0.1, 0.15) is 5.01 Å². The third-order valence-corrected chi connectivity index (χ3v) is 7.07. The van der Waals surface area contributed by atoms with Crippen molar-refractivity contribution < 1.29 is 9.53 Å². The summed E-state index contributed by atoms with van der Waals surface area (Å²) in [6.07, 6.45) is 0. The van der Waals surface area contributed by atoms with E-state index in [0.29, 0.717) is 23.2 Å². The van der Waals surface area contributed by atoms with Crippen LogP contribution in [0.1, 0.15) is 9.67 Å². The van der Waals surface area contributed by atoms with Crippen molar-refractivity contribution in [3.05, 3.63) is 71.6 Å². The maximum absolute atomic E-state index is 13.0. The molecule has 0 atom stereocenters. The van der Waals surface area contributed by atoms with Crippen molar-refractivity contribution in [1.29, 1.82) is 0 Å². The molecule has 2 aromatic heterocycles. The molecule has 156 valence electrons. The first-order valence-electron chi connectivity index (χ1n) is 10.00. The van der Waals surface area contributed by atoms with E-state index in [1.165, 1.54) is 22.7 Å². The second-order valence-electron chi connectivity index (χ2n) is 7.03. The van der Waals surface area contributed by atoms with E-state index in [1.807, 2.05) is 54.6 Å². The van der Waals surface area contributed by atoms with Gasteiger partial charge in [0.2, 0.25) is 5.13 Å². The predicted octanol–water partition coefficient (Wildman–Crippen LogP) is 5.02. The lowest BCUT2D eigenvalue weighted by Crippen LogP contribution is -2.35. The first-order chi connectivity index (χ1) is 15.3. The number of benzene rings is 2. The zero-order valence-electron chi connectivity index (χ0n) is 16.7. The Labute approximate surface area is 188 Å². The highest BCUT2D eigenvalue weighted by molar-refractivity contribution is 7.19. The Bertz CT molecular complexity index is 1170. The molecule has 1 aliphatic heterocycles. The molecule has 1 fully saturated rings. The first-order valence-corrected chi connectivity index (χ1v) is 11.6. The number of ether oxygens (including phenoxy) is 1. The Morgan fingerprint density at radius 3 is 2.29 bits per heavy atom. The zero-order valence-corrected chi connectivity index (χ0v) is 18.3. The number of carbonyl (C=O) groups is 1. The van der Waals surface area contributed by atoms with Gasteiger partial charge in [0.05, 0.1) is 23.1 Å². The molecule has 1 N–H and O–H groups in total. The fraction of sp³-hybridized carbons (Fsp3) is 0.174. The third-order valence-electron chi connectivity index (χ3n) is 4.99. The summed E-state index contributed by atoms with van der Waals surface area (Å²) in [7, 11) is 0. The molecule has 31 heavy (non-hydrogen) atoms. The van der Waals surface area contributed by atoms with Crippen molar-refractivity contribution in [3.8, 4) is 21.7 Å². The van der Waals surface area contributed by atoms with Crippen LogP contribution in [0.5, 0.6) is 0 Å². The van der Waals surface area contributed by atoms with E-state index in [1.54, 1.807) is 0 Å². The van der Waals surface area contributed by atoms with E-state index >= 15 is 0 Å². The molecule has 0 spiro atoms. The topological polar surface area (TPSA) is 67.4 Å². The minimum Gasteiger partial charge on any atom is -0.378 e. The molecule has 3 heterocycles. The van der Waals surface area contributed by atoms with E-state index in [0.717, 1.165) is 39.8 Å². The van der Waals surface area contributed by atoms with Crippen molar-refractivity contribution in [2.24, 2.45) is 0 Å². The third kappa shape index (κ3) is 4.36. The summed E-state index contributed by atoms with van der Waals surface area (Å²) in [5.74, 6) is -0.169. The number of anilines is 2. The van der Waals surface area contributed by atoms with Crippen LogP contribution in [0.3, 0.4) is 0 Å². The minimum atomic E-state index is -0.169. The second-order valence-corrected chi connectivity index (χ2v) is 9.04. The molecule has 0 unspecified atom stereocenters. The minimum absolute atomic E-state index is 0.169. The fourth-order valence-electron chi connectivity index (χ4n) is 3.45. The molecule has 6 nitrogen and oxygen atoms in total. The summed E-state index contributed by atoms with van der Waals surface area (Å²) in [6, 6.07) is 22.0. The van der Waals surface area contributed by atoms with E-state index in [4.69, 9.17) is 4.74 Å². The van der Waals surface area contributed by atoms with Crippen molar-refractivity contribution in [3.63, 3.8) is 0 Å². The Morgan fingerprint density at radius 1 is 0.903 bits per heavy atom. The van der Waals surface area contributed by atoms with Gasteiger partial charge in [-0.25, -0.2) is 0 Å². The van der Waals surface area contributed by atoms with Crippen LogP contribution in [0.25, 0.3) is 21.7 Å². The molecule has 1 amide bonds. The monoisotopic (exact) mass is 448 g/mol. The molecule has 1 saturated heterocycles. The standard InChI is InChI=1S/C23H20N4O2S2/c28-20(24-23-26-25-21(31-23)17-9-5-2-6-10-17)19-15-18(16-7-3-1-4-8-16)22(30-19)27-11-13-29-14-12-27/h1-10,15H,11-14H2,(H,24,26,28). The highest BCUT2D eigenvalue weighted by atomic mass is 32.1. The zero-order chi connectivity index (χ0) is 21.0. The van der Waals surface area contributed by atoms with E-state index in [9.17, 15) is 4.79 Å². The summed E-state index contributed by atoms with van der Waals surface area (Å²) >= 11 is 2.87. The SMILES string of the molecule is O=C(Nc1nnc(-c2ccccc2)s1)c1cc(-c2ccccc2)c(N2CCOCC2)s1. The molecule has 2 aromatic carbocycles. The molecular formula is C23H20N4O2S2. The lowest BCUT2D eigenvalue weighted by Gasteiger charge is -2.28. The average molecular weight is 449 g/mol. The maximum atomic E-state index is 13.0. The Balaban J connectivity index is 1.41. The summed E-state index contributed by atoms with van der Waals surface area (Å²) in [4.78, 5) is 16.0. The van der Waals surface area contributed by atoms with E-state index < -0.39 is 0 Å². The molecule has 0 bridgehead atoms. The van der Waals surface area contributed by atoms with Crippen molar-refractivity contribution >= 4 is 38.7 Å². The number of aromatic nitrogens is 2. The number of amides is 1. The van der Waals surface area contributed by atoms with Crippen LogP contribution in [-0.2, 0) is 4.74 Å². The van der Waals surface area contributed by atoms with Gasteiger partial charge in [0.15, 0.2) is 0 Å². The molecular weight excluding hydrogens is 428 g/mol. The maximum Gasteiger partial charge on any atom is 0.267 e. The number of hydrogen-bond acceptors (Lipinski definition) is 7. The summed E-state index contributed by atoms with van der Waals surface area (Å²) in [5, 5.41) is 13.6. The largest absolute Gasteiger partial charge is 0.378 e. The quantitative estimate of drug-likeness (QED) is 0.464.